The first kappa shape index (κ1) is 24.7. The Morgan fingerprint density at radius 1 is 1.05 bits per heavy atom. The fraction of sp³-hybridized carbons (Fsp3) is 0.778. The molecule has 0 fully saturated rings. The van der Waals surface area contributed by atoms with E-state index >= 15 is 0 Å². The molecule has 0 aliphatic heterocycles. The van der Waals surface area contributed by atoms with Crippen LogP contribution in [0.1, 0.15) is 27.7 Å². The van der Waals surface area contributed by atoms with Crippen LogP contribution in [0.5, 0.6) is 0 Å². The van der Waals surface area contributed by atoms with Crippen LogP contribution >= 0.6 is 31.3 Å². The van der Waals surface area contributed by atoms with Crippen LogP contribution in [0.2, 0.25) is 0 Å². The summed E-state index contributed by atoms with van der Waals surface area (Å²) in [5.41, 5.74) is 10.3. The Morgan fingerprint density at radius 2 is 1.25 bits per heavy atom. The van der Waals surface area contributed by atoms with Crippen molar-refractivity contribution in [1.29, 1.82) is 0 Å². The van der Waals surface area contributed by atoms with Crippen LogP contribution in [0.4, 0.5) is 0 Å². The highest BCUT2D eigenvalue weighted by Gasteiger charge is 1.98. The Hall–Kier alpha value is -0.250. The predicted octanol–water partition coefficient (Wildman–Crippen LogP) is -3.13. The molecule has 0 rings (SSSR count). The second-order valence-electron chi connectivity index (χ2n) is 3.77. The number of thioether (sulfide) groups is 2. The van der Waals surface area contributed by atoms with Gasteiger partial charge < -0.3 is 18.9 Å². The van der Waals surface area contributed by atoms with E-state index in [9.17, 15) is 14.4 Å². The van der Waals surface area contributed by atoms with Crippen molar-refractivity contribution in [2.24, 2.45) is 11.5 Å². The number of hydrogen-bond donors (Lipinski definition) is 4. The highest BCUT2D eigenvalue weighted by Crippen LogP contribution is 2.21. The van der Waals surface area contributed by atoms with E-state index in [1.165, 1.54) is 23.5 Å². The van der Waals surface area contributed by atoms with Gasteiger partial charge in [0.2, 0.25) is 0 Å². The maximum Gasteiger partial charge on any atom is 0.300 e. The average molecular weight is 348 g/mol. The van der Waals surface area contributed by atoms with E-state index < -0.39 is 7.82 Å². The molecule has 0 unspecified atom stereocenters. The number of nitrogens with two attached hydrogens (primary N) is 4. The summed E-state index contributed by atoms with van der Waals surface area (Å²) >= 11 is 2.96. The number of amidine groups is 2. The first-order chi connectivity index (χ1) is 8.81. The van der Waals surface area contributed by atoms with Gasteiger partial charge in [-0.15, -0.1) is 0 Å². The van der Waals surface area contributed by atoms with Gasteiger partial charge in [-0.3, -0.25) is 22.3 Å². The molecule has 0 amide bonds. The summed E-state index contributed by atoms with van der Waals surface area (Å²) in [6.07, 6.45) is 0. The van der Waals surface area contributed by atoms with Crippen molar-refractivity contribution >= 4 is 41.7 Å². The summed E-state index contributed by atoms with van der Waals surface area (Å²) in [4.78, 5) is 18.5. The topological polar surface area (TPSA) is 176 Å². The summed E-state index contributed by atoms with van der Waals surface area (Å²) in [6.45, 7) is 8.18. The van der Waals surface area contributed by atoms with Crippen molar-refractivity contribution in [1.82, 2.24) is 0 Å². The third-order valence-electron chi connectivity index (χ3n) is 0.967. The second kappa shape index (κ2) is 13.7. The molecule has 0 aliphatic rings. The van der Waals surface area contributed by atoms with Gasteiger partial charge in [-0.05, 0) is 23.5 Å². The number of phosphoric ester groups is 1. The third kappa shape index (κ3) is 43.1. The maximum absolute atomic E-state index is 9.25. The van der Waals surface area contributed by atoms with E-state index in [0.717, 1.165) is 7.11 Å². The van der Waals surface area contributed by atoms with Gasteiger partial charge in [0, 0.05) is 17.6 Å². The van der Waals surface area contributed by atoms with Crippen LogP contribution in [0.3, 0.4) is 0 Å². The molecule has 0 spiro atoms. The van der Waals surface area contributed by atoms with E-state index in [4.69, 9.17) is 22.3 Å². The quantitative estimate of drug-likeness (QED) is 0.235. The van der Waals surface area contributed by atoms with Gasteiger partial charge in [0.25, 0.3) is 10.3 Å². The normalized spacial score (nSPS) is 10.2. The van der Waals surface area contributed by atoms with Crippen LogP contribution in [0, 0.1) is 0 Å². The van der Waals surface area contributed by atoms with E-state index in [1.54, 1.807) is 0 Å². The molecule has 8 nitrogen and oxygen atoms in total. The van der Waals surface area contributed by atoms with Crippen LogP contribution in [0.25, 0.3) is 0 Å². The summed E-state index contributed by atoms with van der Waals surface area (Å²) in [6, 6.07) is 0. The molecule has 0 bridgehead atoms. The molecule has 20 heavy (non-hydrogen) atoms. The Kier molecular flexibility index (Phi) is 17.0. The SMILES string of the molecule is CC(C)SC(N)=[NH2+].CC(C)SC(N)=[NH2+].COP(=O)([O-])[O-]. The summed E-state index contributed by atoms with van der Waals surface area (Å²) in [5.74, 6) is 0. The molecule has 11 heteroatoms. The molecule has 122 valence electrons. The zero-order valence-electron chi connectivity index (χ0n) is 12.4. The van der Waals surface area contributed by atoms with Gasteiger partial charge in [-0.1, -0.05) is 27.7 Å². The molecular formula is C9H25N4O4PS2. The zero-order chi connectivity index (χ0) is 16.9. The van der Waals surface area contributed by atoms with Crippen LogP contribution in [-0.4, -0.2) is 27.9 Å². The molecule has 0 radical (unpaired) electrons. The molecule has 0 heterocycles. The molecule has 0 saturated heterocycles. The van der Waals surface area contributed by atoms with Gasteiger partial charge in [0.1, 0.15) is 0 Å². The molecule has 0 aromatic carbocycles. The lowest BCUT2D eigenvalue weighted by Crippen LogP contribution is -2.43. The van der Waals surface area contributed by atoms with Crippen molar-refractivity contribution < 1.29 is 29.7 Å². The Labute approximate surface area is 128 Å². The fourth-order valence-corrected chi connectivity index (χ4v) is 1.63. The Bertz CT molecular complexity index is 303. The lowest BCUT2D eigenvalue weighted by atomic mass is 10.6. The Balaban J connectivity index is -0.000000218. The third-order valence-corrected chi connectivity index (χ3v) is 2.90. The lowest BCUT2D eigenvalue weighted by molar-refractivity contribution is -0.339. The minimum absolute atomic E-state index is 0.454. The molecule has 0 saturated carbocycles. The van der Waals surface area contributed by atoms with Crippen molar-refractivity contribution in [2.75, 3.05) is 7.11 Å². The molecule has 8 N–H and O–H groups in total. The summed E-state index contributed by atoms with van der Waals surface area (Å²) in [5, 5.41) is 12.2. The van der Waals surface area contributed by atoms with Crippen LogP contribution in [-0.2, 0) is 9.09 Å². The molecule has 0 atom stereocenters. The zero-order valence-corrected chi connectivity index (χ0v) is 14.9. The predicted molar refractivity (Wildman–Crippen MR) is 82.3 cm³/mol. The average Bonchev–Trinajstić information content (AvgIpc) is 2.13. The first-order valence-corrected chi connectivity index (χ1v) is 8.70. The summed E-state index contributed by atoms with van der Waals surface area (Å²) < 4.78 is 12.6. The molecule has 0 aromatic rings. The van der Waals surface area contributed by atoms with Crippen molar-refractivity contribution in [2.45, 2.75) is 38.2 Å². The minimum atomic E-state index is -4.65. The van der Waals surface area contributed by atoms with E-state index in [0.29, 0.717) is 20.8 Å². The van der Waals surface area contributed by atoms with Crippen LogP contribution < -0.4 is 32.1 Å². The Morgan fingerprint density at radius 3 is 1.25 bits per heavy atom. The van der Waals surface area contributed by atoms with Crippen LogP contribution in [0.15, 0.2) is 0 Å². The first-order valence-electron chi connectivity index (χ1n) is 5.48. The van der Waals surface area contributed by atoms with Gasteiger partial charge >= 0.3 is 0 Å². The van der Waals surface area contributed by atoms with E-state index in [2.05, 4.69) is 4.52 Å². The minimum Gasteiger partial charge on any atom is -0.790 e. The van der Waals surface area contributed by atoms with Gasteiger partial charge in [-0.2, -0.15) is 0 Å². The largest absolute Gasteiger partial charge is 0.790 e. The lowest BCUT2D eigenvalue weighted by Gasteiger charge is -2.25. The smallest absolute Gasteiger partial charge is 0.300 e. The highest BCUT2D eigenvalue weighted by atomic mass is 32.2. The van der Waals surface area contributed by atoms with Crippen molar-refractivity contribution in [3.8, 4) is 0 Å². The van der Waals surface area contributed by atoms with Crippen molar-refractivity contribution in [3.63, 3.8) is 0 Å². The monoisotopic (exact) mass is 348 g/mol. The number of hydrogen-bond acceptors (Lipinski definition) is 6. The van der Waals surface area contributed by atoms with Crippen molar-refractivity contribution in [3.05, 3.63) is 0 Å². The second-order valence-corrected chi connectivity index (χ2v) is 8.33. The van der Waals surface area contributed by atoms with Gasteiger partial charge in [0.15, 0.2) is 0 Å². The standard InChI is InChI=1S/2C4H10N2S.CH5O4P/c2*1-3(2)7-4(5)6;1-5-6(2,3)4/h2*3H,1-2H3,(H3,5,6);1H3,(H2,2,3,4). The van der Waals surface area contributed by atoms with E-state index in [-0.39, 0.29) is 0 Å². The molecular weight excluding hydrogens is 323 g/mol. The molecule has 0 aromatic heterocycles. The summed E-state index contributed by atoms with van der Waals surface area (Å²) in [7, 11) is -3.83. The highest BCUT2D eigenvalue weighted by molar-refractivity contribution is 8.14. The fourth-order valence-electron chi connectivity index (χ4n) is 0.544. The number of phosphoric acid groups is 1. The van der Waals surface area contributed by atoms with Gasteiger partial charge in [0.05, 0.1) is 7.82 Å². The number of rotatable bonds is 3. The molecule has 0 aliphatic carbocycles. The maximum atomic E-state index is 9.25. The van der Waals surface area contributed by atoms with Gasteiger partial charge in [-0.25, -0.2) is 0 Å². The van der Waals surface area contributed by atoms with E-state index in [1.807, 2.05) is 27.7 Å².